The van der Waals surface area contributed by atoms with Crippen LogP contribution in [-0.4, -0.2) is 54.4 Å². The lowest BCUT2D eigenvalue weighted by Crippen LogP contribution is -2.53. The third kappa shape index (κ3) is 5.98. The van der Waals surface area contributed by atoms with Gasteiger partial charge in [-0.25, -0.2) is 4.98 Å². The second kappa shape index (κ2) is 8.87. The highest BCUT2D eigenvalue weighted by molar-refractivity contribution is 6.30. The number of pyridine rings is 1. The third-order valence-electron chi connectivity index (χ3n) is 4.63. The average Bonchev–Trinajstić information content (AvgIpc) is 2.68. The summed E-state index contributed by atoms with van der Waals surface area (Å²) in [7, 11) is 0. The van der Waals surface area contributed by atoms with Crippen molar-refractivity contribution in [2.45, 2.75) is 19.3 Å². The van der Waals surface area contributed by atoms with Gasteiger partial charge in [-0.05, 0) is 43.3 Å². The van der Waals surface area contributed by atoms with Crippen molar-refractivity contribution in [2.75, 3.05) is 36.4 Å². The molecule has 1 aromatic heterocycles. The molecule has 0 radical (unpaired) electrons. The summed E-state index contributed by atoms with van der Waals surface area (Å²) >= 11 is 5.86. The van der Waals surface area contributed by atoms with Gasteiger partial charge in [0.1, 0.15) is 11.6 Å². The molecule has 0 bridgehead atoms. The molecule has 1 amide bonds. The molecule has 1 aliphatic heterocycles. The highest BCUT2D eigenvalue weighted by atomic mass is 35.5. The van der Waals surface area contributed by atoms with Crippen molar-refractivity contribution in [3.05, 3.63) is 47.6 Å². The fraction of sp³-hybridized carbons (Fsp3) is 0.368. The quantitative estimate of drug-likeness (QED) is 0.785. The van der Waals surface area contributed by atoms with Crippen LogP contribution in [0.3, 0.4) is 0 Å². The summed E-state index contributed by atoms with van der Waals surface area (Å²) in [6.45, 7) is 4.59. The Morgan fingerprint density at radius 1 is 1.14 bits per heavy atom. The van der Waals surface area contributed by atoms with Crippen LogP contribution < -0.4 is 15.0 Å². The first kappa shape index (κ1) is 21.2. The lowest BCUT2D eigenvalue weighted by atomic mass is 10.2. The van der Waals surface area contributed by atoms with E-state index in [4.69, 9.17) is 11.6 Å². The maximum atomic E-state index is 12.5. The van der Waals surface area contributed by atoms with Crippen molar-refractivity contribution >= 4 is 29.0 Å². The first-order valence-corrected chi connectivity index (χ1v) is 9.36. The number of benzene rings is 1. The fourth-order valence-corrected chi connectivity index (χ4v) is 3.16. The monoisotopic (exact) mass is 428 g/mol. The van der Waals surface area contributed by atoms with E-state index in [0.717, 1.165) is 31.0 Å². The number of carbonyl (C=O) groups excluding carboxylic acids is 1. The van der Waals surface area contributed by atoms with Crippen molar-refractivity contribution in [1.82, 2.24) is 9.88 Å². The molecule has 2 heterocycles. The Morgan fingerprint density at radius 2 is 1.79 bits per heavy atom. The Labute approximate surface area is 171 Å². The standard InChI is InChI=1S/C19H20ClF3N4O2/c1-13(18(28)25-15-3-5-16(6-4-15)29-19(21,22)23)26-8-10-27(11-9-26)17-7-2-14(20)12-24-17/h2-7,12-13H,8-11H2,1H3,(H,25,28). The van der Waals surface area contributed by atoms with E-state index in [-0.39, 0.29) is 17.7 Å². The fourth-order valence-electron chi connectivity index (χ4n) is 3.05. The number of hydrogen-bond donors (Lipinski definition) is 1. The van der Waals surface area contributed by atoms with Crippen LogP contribution in [0.25, 0.3) is 0 Å². The van der Waals surface area contributed by atoms with E-state index in [0.29, 0.717) is 23.8 Å². The average molecular weight is 429 g/mol. The van der Waals surface area contributed by atoms with Gasteiger partial charge in [0.15, 0.2) is 0 Å². The van der Waals surface area contributed by atoms with Gasteiger partial charge in [0.25, 0.3) is 0 Å². The first-order chi connectivity index (χ1) is 13.7. The molecular weight excluding hydrogens is 409 g/mol. The zero-order valence-electron chi connectivity index (χ0n) is 15.6. The summed E-state index contributed by atoms with van der Waals surface area (Å²) < 4.78 is 40.4. The van der Waals surface area contributed by atoms with Crippen LogP contribution >= 0.6 is 11.6 Å². The van der Waals surface area contributed by atoms with E-state index in [1.165, 1.54) is 12.1 Å². The number of aromatic nitrogens is 1. The number of piperazine rings is 1. The number of alkyl halides is 3. The lowest BCUT2D eigenvalue weighted by Gasteiger charge is -2.38. The number of ether oxygens (including phenoxy) is 1. The Bertz CT molecular complexity index is 823. The molecule has 156 valence electrons. The smallest absolute Gasteiger partial charge is 0.406 e. The van der Waals surface area contributed by atoms with Gasteiger partial charge >= 0.3 is 6.36 Å². The van der Waals surface area contributed by atoms with Crippen LogP contribution in [0, 0.1) is 0 Å². The largest absolute Gasteiger partial charge is 0.573 e. The van der Waals surface area contributed by atoms with E-state index < -0.39 is 6.36 Å². The number of amides is 1. The molecule has 1 aliphatic rings. The normalized spacial score (nSPS) is 16.4. The minimum Gasteiger partial charge on any atom is -0.406 e. The molecular formula is C19H20ClF3N4O2. The number of hydrogen-bond acceptors (Lipinski definition) is 5. The number of nitrogens with zero attached hydrogens (tertiary/aromatic N) is 3. The van der Waals surface area contributed by atoms with E-state index in [1.807, 2.05) is 11.0 Å². The van der Waals surface area contributed by atoms with Gasteiger partial charge in [-0.15, -0.1) is 13.2 Å². The topological polar surface area (TPSA) is 57.7 Å². The summed E-state index contributed by atoms with van der Waals surface area (Å²) in [5.41, 5.74) is 0.403. The third-order valence-corrected chi connectivity index (χ3v) is 4.86. The highest BCUT2D eigenvalue weighted by Crippen LogP contribution is 2.24. The van der Waals surface area contributed by atoms with Crippen LogP contribution in [0.1, 0.15) is 6.92 Å². The number of rotatable bonds is 5. The predicted molar refractivity (Wildman–Crippen MR) is 104 cm³/mol. The van der Waals surface area contributed by atoms with Crippen molar-refractivity contribution in [2.24, 2.45) is 0 Å². The molecule has 2 aromatic rings. The molecule has 6 nitrogen and oxygen atoms in total. The van der Waals surface area contributed by atoms with Crippen molar-refractivity contribution in [3.8, 4) is 5.75 Å². The molecule has 10 heteroatoms. The van der Waals surface area contributed by atoms with Crippen LogP contribution in [-0.2, 0) is 4.79 Å². The summed E-state index contributed by atoms with van der Waals surface area (Å²) in [5, 5.41) is 3.30. The van der Waals surface area contributed by atoms with Crippen molar-refractivity contribution in [3.63, 3.8) is 0 Å². The molecule has 0 aliphatic carbocycles. The molecule has 1 aromatic carbocycles. The van der Waals surface area contributed by atoms with Gasteiger partial charge in [0, 0.05) is 38.1 Å². The number of halogens is 4. The predicted octanol–water partition coefficient (Wildman–Crippen LogP) is 3.78. The molecule has 0 saturated carbocycles. The summed E-state index contributed by atoms with van der Waals surface area (Å²) in [5.74, 6) is 0.273. The molecule has 29 heavy (non-hydrogen) atoms. The summed E-state index contributed by atoms with van der Waals surface area (Å²) in [6, 6.07) is 8.32. The van der Waals surface area contributed by atoms with Gasteiger partial charge in [-0.2, -0.15) is 0 Å². The molecule has 1 N–H and O–H groups in total. The number of nitrogens with one attached hydrogen (secondary N) is 1. The number of carbonyl (C=O) groups is 1. The molecule has 0 spiro atoms. The Hall–Kier alpha value is -2.52. The van der Waals surface area contributed by atoms with E-state index in [1.54, 1.807) is 19.2 Å². The maximum absolute atomic E-state index is 12.5. The van der Waals surface area contributed by atoms with Gasteiger partial charge in [-0.3, -0.25) is 9.69 Å². The summed E-state index contributed by atoms with van der Waals surface area (Å²) in [4.78, 5) is 21.0. The Balaban J connectivity index is 1.51. The maximum Gasteiger partial charge on any atom is 0.573 e. The van der Waals surface area contributed by atoms with Crippen molar-refractivity contribution < 1.29 is 22.7 Å². The highest BCUT2D eigenvalue weighted by Gasteiger charge is 2.31. The zero-order chi connectivity index (χ0) is 21.0. The minimum absolute atomic E-state index is 0.229. The molecule has 1 saturated heterocycles. The second-order valence-electron chi connectivity index (χ2n) is 6.60. The van der Waals surface area contributed by atoms with E-state index in [9.17, 15) is 18.0 Å². The number of anilines is 2. The molecule has 1 atom stereocenters. The molecule has 1 unspecified atom stereocenters. The van der Waals surface area contributed by atoms with Crippen LogP contribution in [0.15, 0.2) is 42.6 Å². The Kier molecular flexibility index (Phi) is 6.49. The van der Waals surface area contributed by atoms with Gasteiger partial charge < -0.3 is 15.0 Å². The lowest BCUT2D eigenvalue weighted by molar-refractivity contribution is -0.274. The summed E-state index contributed by atoms with van der Waals surface area (Å²) in [6.07, 6.45) is -3.15. The van der Waals surface area contributed by atoms with Gasteiger partial charge in [0.05, 0.1) is 11.1 Å². The van der Waals surface area contributed by atoms with Crippen molar-refractivity contribution in [1.29, 1.82) is 0 Å². The molecule has 3 rings (SSSR count). The first-order valence-electron chi connectivity index (χ1n) is 8.98. The second-order valence-corrected chi connectivity index (χ2v) is 7.03. The van der Waals surface area contributed by atoms with Crippen LogP contribution in [0.4, 0.5) is 24.7 Å². The van der Waals surface area contributed by atoms with Crippen LogP contribution in [0.5, 0.6) is 5.75 Å². The zero-order valence-corrected chi connectivity index (χ0v) is 16.4. The van der Waals surface area contributed by atoms with E-state index in [2.05, 4.69) is 19.9 Å². The van der Waals surface area contributed by atoms with Gasteiger partial charge in [0.2, 0.25) is 5.91 Å². The molecule has 1 fully saturated rings. The Morgan fingerprint density at radius 3 is 2.34 bits per heavy atom. The minimum atomic E-state index is -4.75. The SMILES string of the molecule is CC(C(=O)Nc1ccc(OC(F)(F)F)cc1)N1CCN(c2ccc(Cl)cn2)CC1. The van der Waals surface area contributed by atoms with Crippen LogP contribution in [0.2, 0.25) is 5.02 Å². The van der Waals surface area contributed by atoms with E-state index >= 15 is 0 Å². The van der Waals surface area contributed by atoms with Gasteiger partial charge in [-0.1, -0.05) is 11.6 Å².